The zero-order valence-corrected chi connectivity index (χ0v) is 18.7. The summed E-state index contributed by atoms with van der Waals surface area (Å²) >= 11 is 1.51. The number of hydrogen-bond acceptors (Lipinski definition) is 6. The van der Waals surface area contributed by atoms with Gasteiger partial charge in [-0.15, -0.1) is 11.3 Å². The van der Waals surface area contributed by atoms with Gasteiger partial charge in [0.25, 0.3) is 11.8 Å². The smallest absolute Gasteiger partial charge is 0.267 e. The molecule has 3 aromatic rings. The second kappa shape index (κ2) is 8.12. The van der Waals surface area contributed by atoms with E-state index in [1.54, 1.807) is 11.0 Å². The number of thiophene rings is 1. The molecule has 0 unspecified atom stereocenters. The van der Waals surface area contributed by atoms with Gasteiger partial charge in [-0.1, -0.05) is 24.3 Å². The topological polar surface area (TPSA) is 68.3 Å². The number of piperazine rings is 1. The summed E-state index contributed by atoms with van der Waals surface area (Å²) < 4.78 is 17.4. The number of para-hydroxylation sites is 3. The van der Waals surface area contributed by atoms with E-state index in [2.05, 4.69) is 0 Å². The molecule has 3 aliphatic heterocycles. The summed E-state index contributed by atoms with van der Waals surface area (Å²) in [7, 11) is 0. The molecular formula is C25H22N2O5S. The Hall–Kier alpha value is -3.52. The van der Waals surface area contributed by atoms with Gasteiger partial charge in [0, 0.05) is 42.2 Å². The minimum atomic E-state index is -0.661. The maximum Gasteiger partial charge on any atom is 0.267 e. The van der Waals surface area contributed by atoms with Crippen molar-refractivity contribution in [1.82, 2.24) is 9.80 Å². The van der Waals surface area contributed by atoms with E-state index in [1.165, 1.54) is 11.3 Å². The lowest BCUT2D eigenvalue weighted by Gasteiger charge is -2.37. The third-order valence-corrected chi connectivity index (χ3v) is 7.40. The quantitative estimate of drug-likeness (QED) is 0.584. The third kappa shape index (κ3) is 3.60. The molecule has 4 heterocycles. The van der Waals surface area contributed by atoms with Crippen LogP contribution in [0, 0.1) is 0 Å². The van der Waals surface area contributed by atoms with Crippen LogP contribution in [0.25, 0.3) is 10.4 Å². The number of nitrogens with zero attached hydrogens (tertiary/aromatic N) is 2. The SMILES string of the molecule is O=C(c1cc2c(s1)-c1ccccc1OC2)N1CCN(C(=O)[C@@H]2COc3ccccc3O2)CC1. The van der Waals surface area contributed by atoms with E-state index in [1.807, 2.05) is 53.4 Å². The van der Waals surface area contributed by atoms with E-state index in [4.69, 9.17) is 14.2 Å². The summed E-state index contributed by atoms with van der Waals surface area (Å²) in [5.74, 6) is 2.00. The van der Waals surface area contributed by atoms with Crippen molar-refractivity contribution in [3.05, 3.63) is 65.0 Å². The van der Waals surface area contributed by atoms with Crippen molar-refractivity contribution in [3.63, 3.8) is 0 Å². The van der Waals surface area contributed by atoms with Crippen LogP contribution in [-0.2, 0) is 11.4 Å². The van der Waals surface area contributed by atoms with Crippen LogP contribution in [0.2, 0.25) is 0 Å². The van der Waals surface area contributed by atoms with Gasteiger partial charge in [-0.3, -0.25) is 9.59 Å². The molecule has 0 aliphatic carbocycles. The third-order valence-electron chi connectivity index (χ3n) is 6.20. The normalized spacial score (nSPS) is 18.7. The summed E-state index contributed by atoms with van der Waals surface area (Å²) in [5, 5.41) is 0. The molecule has 2 amide bonds. The molecule has 1 fully saturated rings. The van der Waals surface area contributed by atoms with Crippen LogP contribution in [0.5, 0.6) is 17.2 Å². The number of fused-ring (bicyclic) bond motifs is 4. The number of amides is 2. The fourth-order valence-electron chi connectivity index (χ4n) is 4.44. The average Bonchev–Trinajstić information content (AvgIpc) is 3.33. The first-order valence-electron chi connectivity index (χ1n) is 11.0. The van der Waals surface area contributed by atoms with Gasteiger partial charge in [0.2, 0.25) is 6.10 Å². The zero-order valence-electron chi connectivity index (χ0n) is 17.9. The van der Waals surface area contributed by atoms with Crippen molar-refractivity contribution in [1.29, 1.82) is 0 Å². The highest BCUT2D eigenvalue weighted by molar-refractivity contribution is 7.17. The van der Waals surface area contributed by atoms with Gasteiger partial charge in [0.15, 0.2) is 11.5 Å². The Morgan fingerprint density at radius 3 is 2.36 bits per heavy atom. The Balaban J connectivity index is 1.10. The summed E-state index contributed by atoms with van der Waals surface area (Å²) in [6.07, 6.45) is -0.661. The van der Waals surface area contributed by atoms with Crippen LogP contribution in [0.4, 0.5) is 0 Å². The van der Waals surface area contributed by atoms with Crippen molar-refractivity contribution >= 4 is 23.2 Å². The van der Waals surface area contributed by atoms with Crippen molar-refractivity contribution in [2.75, 3.05) is 32.8 Å². The van der Waals surface area contributed by atoms with Crippen LogP contribution in [0.15, 0.2) is 54.6 Å². The maximum atomic E-state index is 13.2. The molecule has 1 saturated heterocycles. The highest BCUT2D eigenvalue weighted by Gasteiger charge is 2.34. The van der Waals surface area contributed by atoms with Gasteiger partial charge in [-0.25, -0.2) is 0 Å². The monoisotopic (exact) mass is 462 g/mol. The summed E-state index contributed by atoms with van der Waals surface area (Å²) in [6, 6.07) is 17.2. The van der Waals surface area contributed by atoms with Gasteiger partial charge >= 0.3 is 0 Å². The predicted molar refractivity (Wildman–Crippen MR) is 123 cm³/mol. The summed E-state index contributed by atoms with van der Waals surface area (Å²) in [5.41, 5.74) is 2.08. The van der Waals surface area contributed by atoms with Crippen LogP contribution < -0.4 is 14.2 Å². The number of ether oxygens (including phenoxy) is 3. The Bertz CT molecular complexity index is 1230. The number of rotatable bonds is 2. The molecule has 6 rings (SSSR count). The largest absolute Gasteiger partial charge is 0.488 e. The van der Waals surface area contributed by atoms with Gasteiger partial charge in [-0.05, 0) is 30.3 Å². The van der Waals surface area contributed by atoms with Crippen molar-refractivity contribution < 1.29 is 23.8 Å². The second-order valence-corrected chi connectivity index (χ2v) is 9.28. The summed E-state index contributed by atoms with van der Waals surface area (Å²) in [6.45, 7) is 2.60. The lowest BCUT2D eigenvalue weighted by molar-refractivity contribution is -0.142. The number of carbonyl (C=O) groups is 2. The molecule has 7 nitrogen and oxygen atoms in total. The van der Waals surface area contributed by atoms with E-state index in [0.717, 1.165) is 21.8 Å². The zero-order chi connectivity index (χ0) is 22.4. The Kier molecular flexibility index (Phi) is 4.95. The minimum Gasteiger partial charge on any atom is -0.488 e. The first kappa shape index (κ1) is 20.1. The molecule has 8 heteroatoms. The first-order chi connectivity index (χ1) is 16.2. The van der Waals surface area contributed by atoms with Gasteiger partial charge < -0.3 is 24.0 Å². The predicted octanol–water partition coefficient (Wildman–Crippen LogP) is 3.43. The Morgan fingerprint density at radius 1 is 0.848 bits per heavy atom. The standard InChI is InChI=1S/C25H22N2O5S/c28-24(21-15-31-19-7-3-4-8-20(19)32-21)26-9-11-27(12-10-26)25(29)22-13-16-14-30-18-6-2-1-5-17(18)23(16)33-22/h1-8,13,21H,9-12,14-15H2/t21-/m0/s1. The van der Waals surface area contributed by atoms with Gasteiger partial charge in [0.05, 0.1) is 4.88 Å². The number of benzene rings is 2. The van der Waals surface area contributed by atoms with E-state index < -0.39 is 6.10 Å². The lowest BCUT2D eigenvalue weighted by atomic mass is 10.1. The number of carbonyl (C=O) groups excluding carboxylic acids is 2. The maximum absolute atomic E-state index is 13.2. The minimum absolute atomic E-state index is 0.00478. The number of hydrogen-bond donors (Lipinski definition) is 0. The van der Waals surface area contributed by atoms with E-state index in [-0.39, 0.29) is 18.4 Å². The molecule has 1 atom stereocenters. The molecule has 1 aromatic heterocycles. The highest BCUT2D eigenvalue weighted by Crippen LogP contribution is 2.42. The molecule has 33 heavy (non-hydrogen) atoms. The van der Waals surface area contributed by atoms with Crippen molar-refractivity contribution in [3.8, 4) is 27.7 Å². The molecule has 0 radical (unpaired) electrons. The van der Waals surface area contributed by atoms with Crippen LogP contribution in [-0.4, -0.2) is 60.5 Å². The fourth-order valence-corrected chi connectivity index (χ4v) is 5.60. The van der Waals surface area contributed by atoms with Crippen LogP contribution in [0.1, 0.15) is 15.2 Å². The molecule has 3 aliphatic rings. The second-order valence-electron chi connectivity index (χ2n) is 8.23. The first-order valence-corrected chi connectivity index (χ1v) is 11.8. The van der Waals surface area contributed by atoms with E-state index in [0.29, 0.717) is 49.2 Å². The van der Waals surface area contributed by atoms with Crippen LogP contribution >= 0.6 is 11.3 Å². The molecule has 0 saturated carbocycles. The molecule has 0 N–H and O–H groups in total. The van der Waals surface area contributed by atoms with E-state index >= 15 is 0 Å². The van der Waals surface area contributed by atoms with Gasteiger partial charge in [0.1, 0.15) is 19.0 Å². The summed E-state index contributed by atoms with van der Waals surface area (Å²) in [4.78, 5) is 31.5. The lowest BCUT2D eigenvalue weighted by Crippen LogP contribution is -2.55. The molecular weight excluding hydrogens is 440 g/mol. The van der Waals surface area contributed by atoms with Crippen LogP contribution in [0.3, 0.4) is 0 Å². The van der Waals surface area contributed by atoms with Gasteiger partial charge in [-0.2, -0.15) is 0 Å². The van der Waals surface area contributed by atoms with Crippen molar-refractivity contribution in [2.24, 2.45) is 0 Å². The highest BCUT2D eigenvalue weighted by atomic mass is 32.1. The molecule has 0 spiro atoms. The molecule has 0 bridgehead atoms. The molecule has 2 aromatic carbocycles. The van der Waals surface area contributed by atoms with Crippen molar-refractivity contribution in [2.45, 2.75) is 12.7 Å². The fraction of sp³-hybridized carbons (Fsp3) is 0.280. The van der Waals surface area contributed by atoms with E-state index in [9.17, 15) is 9.59 Å². The average molecular weight is 463 g/mol. The Morgan fingerprint density at radius 2 is 1.55 bits per heavy atom. The molecule has 168 valence electrons. The Labute approximate surface area is 195 Å².